The van der Waals surface area contributed by atoms with Crippen LogP contribution in [0.15, 0.2) is 55.2 Å². The zero-order valence-electron chi connectivity index (χ0n) is 15.0. The van der Waals surface area contributed by atoms with E-state index in [2.05, 4.69) is 30.8 Å². The van der Waals surface area contributed by atoms with E-state index in [-0.39, 0.29) is 0 Å². The third kappa shape index (κ3) is 3.71. The summed E-state index contributed by atoms with van der Waals surface area (Å²) in [6.45, 7) is 0. The molecule has 9 heteroatoms. The first-order chi connectivity index (χ1) is 13.1. The minimum Gasteiger partial charge on any atom is -0.394 e. The highest BCUT2D eigenvalue weighted by atomic mass is 15.3. The van der Waals surface area contributed by atoms with E-state index in [9.17, 15) is 0 Å². The summed E-state index contributed by atoms with van der Waals surface area (Å²) in [5.41, 5.74) is 10.3. The summed E-state index contributed by atoms with van der Waals surface area (Å²) in [4.78, 5) is 8.66. The molecular formula is C18H19N9. The molecule has 0 spiro atoms. The van der Waals surface area contributed by atoms with Crippen molar-refractivity contribution in [2.75, 3.05) is 16.4 Å². The van der Waals surface area contributed by atoms with Crippen molar-refractivity contribution in [3.05, 3.63) is 55.2 Å². The maximum absolute atomic E-state index is 6.02. The van der Waals surface area contributed by atoms with Gasteiger partial charge < -0.3 is 16.4 Å². The van der Waals surface area contributed by atoms with Gasteiger partial charge in [0.25, 0.3) is 0 Å². The predicted molar refractivity (Wildman–Crippen MR) is 105 cm³/mol. The highest BCUT2D eigenvalue weighted by molar-refractivity contribution is 5.72. The van der Waals surface area contributed by atoms with Crippen molar-refractivity contribution < 1.29 is 0 Å². The molecule has 3 aromatic heterocycles. The van der Waals surface area contributed by atoms with Crippen LogP contribution in [0.25, 0.3) is 11.1 Å². The molecule has 9 nitrogen and oxygen atoms in total. The maximum Gasteiger partial charge on any atom is 0.229 e. The second-order valence-electron chi connectivity index (χ2n) is 6.13. The summed E-state index contributed by atoms with van der Waals surface area (Å²) in [6, 6.07) is 7.98. The lowest BCUT2D eigenvalue weighted by Gasteiger charge is -2.10. The lowest BCUT2D eigenvalue weighted by molar-refractivity contribution is 0.768. The zero-order valence-corrected chi connectivity index (χ0v) is 15.0. The van der Waals surface area contributed by atoms with Gasteiger partial charge in [0.1, 0.15) is 0 Å². The Hall–Kier alpha value is -3.88. The van der Waals surface area contributed by atoms with E-state index in [1.807, 2.05) is 57.0 Å². The van der Waals surface area contributed by atoms with Gasteiger partial charge in [-0.2, -0.15) is 15.2 Å². The molecule has 0 amide bonds. The van der Waals surface area contributed by atoms with Crippen molar-refractivity contribution >= 4 is 28.8 Å². The van der Waals surface area contributed by atoms with Crippen LogP contribution < -0.4 is 16.4 Å². The van der Waals surface area contributed by atoms with Gasteiger partial charge >= 0.3 is 0 Å². The van der Waals surface area contributed by atoms with Crippen LogP contribution in [0.1, 0.15) is 0 Å². The number of rotatable bonds is 5. The minimum atomic E-state index is 0.437. The molecule has 4 aromatic rings. The van der Waals surface area contributed by atoms with E-state index in [1.54, 1.807) is 21.8 Å². The SMILES string of the molecule is Cn1cc(Nc2ncc(N)c(Nc3ccc(-c4cnn(C)c4)cc3)n2)cn1. The summed E-state index contributed by atoms with van der Waals surface area (Å²) < 4.78 is 3.47. The average molecular weight is 361 g/mol. The molecule has 0 aliphatic carbocycles. The number of nitrogens with zero attached hydrogens (tertiary/aromatic N) is 6. The first kappa shape index (κ1) is 16.6. The van der Waals surface area contributed by atoms with Crippen LogP contribution in [0.4, 0.5) is 28.8 Å². The monoisotopic (exact) mass is 361 g/mol. The molecule has 0 unspecified atom stereocenters. The molecule has 27 heavy (non-hydrogen) atoms. The quantitative estimate of drug-likeness (QED) is 0.501. The predicted octanol–water partition coefficient (Wildman–Crippen LogP) is 2.68. The zero-order chi connectivity index (χ0) is 18.8. The number of anilines is 5. The van der Waals surface area contributed by atoms with Crippen LogP contribution in [-0.2, 0) is 14.1 Å². The Morgan fingerprint density at radius 2 is 1.56 bits per heavy atom. The molecule has 0 bridgehead atoms. The van der Waals surface area contributed by atoms with Crippen LogP contribution >= 0.6 is 0 Å². The number of hydrogen-bond acceptors (Lipinski definition) is 7. The fraction of sp³-hybridized carbons (Fsp3) is 0.111. The first-order valence-corrected chi connectivity index (χ1v) is 8.31. The van der Waals surface area contributed by atoms with Gasteiger partial charge in [-0.25, -0.2) is 4.98 Å². The first-order valence-electron chi connectivity index (χ1n) is 8.31. The third-order valence-electron chi connectivity index (χ3n) is 3.96. The Labute approximate surface area is 155 Å². The van der Waals surface area contributed by atoms with Crippen molar-refractivity contribution in [3.63, 3.8) is 0 Å². The summed E-state index contributed by atoms with van der Waals surface area (Å²) in [5, 5.41) is 14.6. The number of benzene rings is 1. The number of nitrogens with one attached hydrogen (secondary N) is 2. The molecule has 4 N–H and O–H groups in total. The standard InChI is InChI=1S/C18H19N9/c1-26-10-13(7-21-26)12-3-5-14(6-4-12)23-17-16(19)9-20-18(25-17)24-15-8-22-27(2)11-15/h3-11H,19H2,1-2H3,(H2,20,23,24,25). The fourth-order valence-corrected chi connectivity index (χ4v) is 2.62. The molecule has 4 rings (SSSR count). The van der Waals surface area contributed by atoms with Crippen molar-refractivity contribution in [1.82, 2.24) is 29.5 Å². The second-order valence-corrected chi connectivity index (χ2v) is 6.13. The van der Waals surface area contributed by atoms with Crippen LogP contribution in [0.5, 0.6) is 0 Å². The van der Waals surface area contributed by atoms with Crippen LogP contribution in [0.2, 0.25) is 0 Å². The van der Waals surface area contributed by atoms with Crippen molar-refractivity contribution in [1.29, 1.82) is 0 Å². The average Bonchev–Trinajstić information content (AvgIpc) is 3.27. The largest absolute Gasteiger partial charge is 0.394 e. The van der Waals surface area contributed by atoms with Gasteiger partial charge in [-0.05, 0) is 17.7 Å². The second kappa shape index (κ2) is 6.79. The maximum atomic E-state index is 6.02. The minimum absolute atomic E-state index is 0.437. The molecular weight excluding hydrogens is 342 g/mol. The summed E-state index contributed by atoms with van der Waals surface area (Å²) in [5.74, 6) is 0.970. The molecule has 0 aliphatic rings. The Bertz CT molecular complexity index is 1060. The Morgan fingerprint density at radius 1 is 0.815 bits per heavy atom. The smallest absolute Gasteiger partial charge is 0.229 e. The van der Waals surface area contributed by atoms with Crippen LogP contribution in [0.3, 0.4) is 0 Å². The van der Waals surface area contributed by atoms with Crippen molar-refractivity contribution in [2.24, 2.45) is 14.1 Å². The van der Waals surface area contributed by atoms with Gasteiger partial charge in [-0.1, -0.05) is 12.1 Å². The summed E-state index contributed by atoms with van der Waals surface area (Å²) in [6.07, 6.45) is 8.91. The molecule has 0 saturated heterocycles. The molecule has 0 saturated carbocycles. The van der Waals surface area contributed by atoms with Crippen LogP contribution in [-0.4, -0.2) is 29.5 Å². The van der Waals surface area contributed by atoms with Gasteiger partial charge in [0.2, 0.25) is 5.95 Å². The van der Waals surface area contributed by atoms with E-state index < -0.39 is 0 Å². The number of nitrogen functional groups attached to an aromatic ring is 1. The van der Waals surface area contributed by atoms with Gasteiger partial charge in [-0.15, -0.1) is 0 Å². The summed E-state index contributed by atoms with van der Waals surface area (Å²) in [7, 11) is 3.74. The Kier molecular flexibility index (Phi) is 4.17. The molecule has 0 radical (unpaired) electrons. The fourth-order valence-electron chi connectivity index (χ4n) is 2.62. The van der Waals surface area contributed by atoms with E-state index in [0.717, 1.165) is 22.5 Å². The number of hydrogen-bond donors (Lipinski definition) is 3. The van der Waals surface area contributed by atoms with Crippen molar-refractivity contribution in [3.8, 4) is 11.1 Å². The molecule has 0 atom stereocenters. The highest BCUT2D eigenvalue weighted by Crippen LogP contribution is 2.25. The Balaban J connectivity index is 1.52. The lowest BCUT2D eigenvalue weighted by Crippen LogP contribution is -2.04. The number of aromatic nitrogens is 6. The molecule has 3 heterocycles. The topological polar surface area (TPSA) is 112 Å². The summed E-state index contributed by atoms with van der Waals surface area (Å²) >= 11 is 0. The van der Waals surface area contributed by atoms with E-state index in [1.165, 1.54) is 0 Å². The number of aryl methyl sites for hydroxylation is 2. The number of nitrogens with two attached hydrogens (primary N) is 1. The third-order valence-corrected chi connectivity index (χ3v) is 3.96. The van der Waals surface area contributed by atoms with Crippen molar-refractivity contribution in [2.45, 2.75) is 0 Å². The molecule has 0 aliphatic heterocycles. The van der Waals surface area contributed by atoms with Gasteiger partial charge in [0, 0.05) is 37.7 Å². The van der Waals surface area contributed by atoms with Gasteiger partial charge in [0.15, 0.2) is 5.82 Å². The normalized spacial score (nSPS) is 10.7. The molecule has 1 aromatic carbocycles. The van der Waals surface area contributed by atoms with E-state index >= 15 is 0 Å². The van der Waals surface area contributed by atoms with Gasteiger partial charge in [0.05, 0.1) is 30.0 Å². The molecule has 136 valence electrons. The lowest BCUT2D eigenvalue weighted by atomic mass is 10.1. The van der Waals surface area contributed by atoms with E-state index in [0.29, 0.717) is 17.5 Å². The molecule has 0 fully saturated rings. The Morgan fingerprint density at radius 3 is 2.22 bits per heavy atom. The van der Waals surface area contributed by atoms with Crippen LogP contribution in [0, 0.1) is 0 Å². The van der Waals surface area contributed by atoms with Gasteiger partial charge in [-0.3, -0.25) is 9.36 Å². The van der Waals surface area contributed by atoms with E-state index in [4.69, 9.17) is 5.73 Å². The highest BCUT2D eigenvalue weighted by Gasteiger charge is 2.07.